The van der Waals surface area contributed by atoms with Crippen molar-refractivity contribution in [3.63, 3.8) is 0 Å². The van der Waals surface area contributed by atoms with E-state index >= 15 is 0 Å². The highest BCUT2D eigenvalue weighted by Crippen LogP contribution is 2.52. The molecule has 1 N–H and O–H groups in total. The fraction of sp³-hybridized carbons (Fsp3) is 0.393. The maximum Gasteiger partial charge on any atom is 0.278 e. The van der Waals surface area contributed by atoms with E-state index in [2.05, 4.69) is 52.1 Å². The average Bonchev–Trinajstić information content (AvgIpc) is 3.59. The SMILES string of the molecule is C=CCn1c(=O)c2cnc(Nc3ccc4c(c3)CN(C)CC43CC3)nc2n1C(/C=C\C)=N/N(C=O)C(C)C. The highest BCUT2D eigenvalue weighted by molar-refractivity contribution is 5.99. The summed E-state index contributed by atoms with van der Waals surface area (Å²) in [6.07, 6.45) is 9.84. The number of nitrogens with one attached hydrogen (secondary N) is 1. The normalized spacial score (nSPS) is 16.8. The minimum Gasteiger partial charge on any atom is -0.324 e. The Morgan fingerprint density at radius 3 is 2.79 bits per heavy atom. The molecule has 5 rings (SSSR count). The molecule has 3 aromatic rings. The second-order valence-electron chi connectivity index (χ2n) is 10.4. The van der Waals surface area contributed by atoms with Gasteiger partial charge in [0.05, 0.1) is 6.54 Å². The van der Waals surface area contributed by atoms with Gasteiger partial charge in [-0.3, -0.25) is 9.59 Å². The molecule has 0 bridgehead atoms. The lowest BCUT2D eigenvalue weighted by molar-refractivity contribution is -0.119. The molecule has 10 nitrogen and oxygen atoms in total. The Morgan fingerprint density at radius 1 is 1.34 bits per heavy atom. The number of amides is 1. The van der Waals surface area contributed by atoms with E-state index in [0.717, 1.165) is 18.8 Å². The number of aromatic nitrogens is 4. The molecule has 0 atom stereocenters. The van der Waals surface area contributed by atoms with Crippen LogP contribution in [0.15, 0.2) is 59.1 Å². The summed E-state index contributed by atoms with van der Waals surface area (Å²) in [6, 6.07) is 6.30. The third-order valence-electron chi connectivity index (χ3n) is 7.16. The fourth-order valence-electron chi connectivity index (χ4n) is 5.26. The smallest absolute Gasteiger partial charge is 0.278 e. The van der Waals surface area contributed by atoms with Crippen LogP contribution in [0, 0.1) is 0 Å². The van der Waals surface area contributed by atoms with Crippen LogP contribution in [0.25, 0.3) is 11.0 Å². The van der Waals surface area contributed by atoms with Gasteiger partial charge in [0.15, 0.2) is 11.5 Å². The number of hydrogen-bond donors (Lipinski definition) is 1. The standard InChI is InChI=1S/C28H34N8O2/c1-6-8-24(32-34(18-37)19(3)4)36-25-22(26(38)35(36)13-7-2)15-29-27(31-25)30-21-9-10-23-20(14-21)16-33(5)17-28(23)11-12-28/h6-10,14-15,18-19H,2,11-13,16-17H2,1,3-5H3,(H,29,30,31)/b8-6-,32-24+. The Kier molecular flexibility index (Phi) is 6.75. The van der Waals surface area contributed by atoms with Crippen LogP contribution in [-0.4, -0.2) is 61.1 Å². The molecule has 38 heavy (non-hydrogen) atoms. The van der Waals surface area contributed by atoms with Gasteiger partial charge in [-0.1, -0.05) is 18.2 Å². The van der Waals surface area contributed by atoms with Crippen LogP contribution in [0.5, 0.6) is 0 Å². The zero-order valence-corrected chi connectivity index (χ0v) is 22.4. The van der Waals surface area contributed by atoms with Crippen molar-refractivity contribution in [2.75, 3.05) is 18.9 Å². The Morgan fingerprint density at radius 2 is 2.13 bits per heavy atom. The summed E-state index contributed by atoms with van der Waals surface area (Å²) in [6.45, 7) is 11.6. The Hall–Kier alpha value is -4.05. The number of likely N-dealkylation sites (N-methyl/N-ethyl adjacent to an activating group) is 1. The van der Waals surface area contributed by atoms with Crippen molar-refractivity contribution < 1.29 is 4.79 Å². The van der Waals surface area contributed by atoms with E-state index in [9.17, 15) is 9.59 Å². The summed E-state index contributed by atoms with van der Waals surface area (Å²) in [7, 11) is 2.17. The van der Waals surface area contributed by atoms with Crippen LogP contribution in [-0.2, 0) is 23.3 Å². The van der Waals surface area contributed by atoms with Gasteiger partial charge in [-0.25, -0.2) is 19.4 Å². The van der Waals surface area contributed by atoms with Gasteiger partial charge in [0.1, 0.15) is 5.39 Å². The van der Waals surface area contributed by atoms with Gasteiger partial charge in [-0.2, -0.15) is 10.1 Å². The molecule has 0 unspecified atom stereocenters. The molecular weight excluding hydrogens is 480 g/mol. The highest BCUT2D eigenvalue weighted by Gasteiger charge is 2.48. The van der Waals surface area contributed by atoms with E-state index < -0.39 is 0 Å². The lowest BCUT2D eigenvalue weighted by Gasteiger charge is -2.32. The summed E-state index contributed by atoms with van der Waals surface area (Å²) in [4.78, 5) is 36.5. The average molecular weight is 515 g/mol. The topological polar surface area (TPSA) is 101 Å². The number of anilines is 2. The zero-order valence-electron chi connectivity index (χ0n) is 22.4. The summed E-state index contributed by atoms with van der Waals surface area (Å²) in [5, 5.41) is 9.51. The number of nitrogens with zero attached hydrogens (tertiary/aromatic N) is 7. The van der Waals surface area contributed by atoms with Gasteiger partial charge >= 0.3 is 0 Å². The van der Waals surface area contributed by atoms with Crippen molar-refractivity contribution in [1.82, 2.24) is 29.2 Å². The third-order valence-corrected chi connectivity index (χ3v) is 7.16. The summed E-state index contributed by atoms with van der Waals surface area (Å²) in [5.41, 5.74) is 4.09. The van der Waals surface area contributed by atoms with Gasteiger partial charge < -0.3 is 10.2 Å². The Balaban J connectivity index is 1.59. The molecule has 1 amide bonds. The number of fused-ring (bicyclic) bond motifs is 3. The van der Waals surface area contributed by atoms with E-state index in [-0.39, 0.29) is 18.1 Å². The van der Waals surface area contributed by atoms with Gasteiger partial charge in [0.25, 0.3) is 5.56 Å². The molecule has 198 valence electrons. The molecule has 2 aromatic heterocycles. The van der Waals surface area contributed by atoms with Crippen LogP contribution >= 0.6 is 0 Å². The quantitative estimate of drug-likeness (QED) is 0.162. The van der Waals surface area contributed by atoms with Crippen LogP contribution in [0.3, 0.4) is 0 Å². The molecular formula is C28H34N8O2. The number of benzene rings is 1. The zero-order chi connectivity index (χ0) is 27.0. The number of rotatable bonds is 8. The molecule has 1 aliphatic heterocycles. The molecule has 1 fully saturated rings. The van der Waals surface area contributed by atoms with Crippen molar-refractivity contribution in [1.29, 1.82) is 0 Å². The van der Waals surface area contributed by atoms with Crippen LogP contribution in [0.4, 0.5) is 11.6 Å². The second kappa shape index (κ2) is 10.0. The molecule has 1 aromatic carbocycles. The lowest BCUT2D eigenvalue weighted by Crippen LogP contribution is -2.35. The second-order valence-corrected chi connectivity index (χ2v) is 10.4. The fourth-order valence-corrected chi connectivity index (χ4v) is 5.26. The maximum absolute atomic E-state index is 13.3. The first-order valence-corrected chi connectivity index (χ1v) is 12.9. The number of carbonyl (C=O) groups is 1. The molecule has 1 saturated carbocycles. The van der Waals surface area contributed by atoms with E-state index in [0.29, 0.717) is 34.6 Å². The van der Waals surface area contributed by atoms with Crippen molar-refractivity contribution in [3.8, 4) is 0 Å². The van der Waals surface area contributed by atoms with Gasteiger partial charge in [0.2, 0.25) is 12.4 Å². The Bertz CT molecular complexity index is 1510. The number of hydrogen-bond acceptors (Lipinski definition) is 7. The van der Waals surface area contributed by atoms with Crippen LogP contribution in [0.1, 0.15) is 44.7 Å². The van der Waals surface area contributed by atoms with Crippen molar-refractivity contribution in [3.05, 3.63) is 70.7 Å². The van der Waals surface area contributed by atoms with Gasteiger partial charge in [-0.15, -0.1) is 6.58 Å². The van der Waals surface area contributed by atoms with E-state index in [1.807, 2.05) is 20.8 Å². The van der Waals surface area contributed by atoms with Crippen LogP contribution < -0.4 is 10.9 Å². The van der Waals surface area contributed by atoms with Crippen molar-refractivity contribution in [2.24, 2.45) is 5.10 Å². The van der Waals surface area contributed by atoms with E-state index in [4.69, 9.17) is 4.98 Å². The Labute approximate surface area is 221 Å². The molecule has 2 aliphatic rings. The van der Waals surface area contributed by atoms with Gasteiger partial charge in [-0.05, 0) is 70.0 Å². The lowest BCUT2D eigenvalue weighted by atomic mass is 9.87. The summed E-state index contributed by atoms with van der Waals surface area (Å²) >= 11 is 0. The summed E-state index contributed by atoms with van der Waals surface area (Å²) in [5.74, 6) is 0.738. The first-order valence-electron chi connectivity index (χ1n) is 12.9. The predicted octanol–water partition coefficient (Wildman–Crippen LogP) is 3.60. The highest BCUT2D eigenvalue weighted by atomic mass is 16.1. The molecule has 1 spiro atoms. The molecule has 0 radical (unpaired) electrons. The molecule has 10 heteroatoms. The monoisotopic (exact) mass is 514 g/mol. The summed E-state index contributed by atoms with van der Waals surface area (Å²) < 4.78 is 3.10. The van der Waals surface area contributed by atoms with E-state index in [1.54, 1.807) is 22.9 Å². The number of carbonyl (C=O) groups excluding carboxylic acids is 1. The number of allylic oxidation sites excluding steroid dienone is 3. The van der Waals surface area contributed by atoms with Crippen molar-refractivity contribution in [2.45, 2.75) is 58.2 Å². The van der Waals surface area contributed by atoms with E-state index in [1.165, 1.54) is 39.9 Å². The maximum atomic E-state index is 13.3. The molecule has 1 aliphatic carbocycles. The van der Waals surface area contributed by atoms with Crippen molar-refractivity contribution >= 4 is 34.9 Å². The molecule has 3 heterocycles. The minimum atomic E-state index is -0.266. The minimum absolute atomic E-state index is 0.168. The van der Waals surface area contributed by atoms with Crippen LogP contribution in [0.2, 0.25) is 0 Å². The predicted molar refractivity (Wildman–Crippen MR) is 150 cm³/mol. The first-order chi connectivity index (χ1) is 18.3. The number of hydrazone groups is 1. The largest absolute Gasteiger partial charge is 0.324 e. The third kappa shape index (κ3) is 4.56. The van der Waals surface area contributed by atoms with Gasteiger partial charge in [0, 0.05) is 36.4 Å². The first kappa shape index (κ1) is 25.6. The molecule has 0 saturated heterocycles.